The van der Waals surface area contributed by atoms with Crippen molar-refractivity contribution in [2.45, 2.75) is 37.3 Å². The topological polar surface area (TPSA) is 111 Å². The second-order valence-electron chi connectivity index (χ2n) is 8.37. The third-order valence-electron chi connectivity index (χ3n) is 5.96. The van der Waals surface area contributed by atoms with Gasteiger partial charge in [0.2, 0.25) is 5.91 Å². The number of hydrogen-bond acceptors (Lipinski definition) is 7. The first-order valence-corrected chi connectivity index (χ1v) is 13.3. The number of benzene rings is 2. The number of para-hydroxylation sites is 1. The molecule has 1 saturated heterocycles. The van der Waals surface area contributed by atoms with Crippen molar-refractivity contribution in [2.75, 3.05) is 18.6 Å². The number of rotatable bonds is 7. The van der Waals surface area contributed by atoms with E-state index in [1.807, 2.05) is 18.2 Å². The zero-order chi connectivity index (χ0) is 23.6. The monoisotopic (exact) mass is 491 g/mol. The number of nitrogens with two attached hydrogens (primary N) is 1. The molecular formula is C23H26FN3O4S2. The molecule has 3 aromatic rings. The van der Waals surface area contributed by atoms with Crippen LogP contribution in [-0.4, -0.2) is 44.0 Å². The number of thiazole rings is 1. The Morgan fingerprint density at radius 3 is 2.67 bits per heavy atom. The predicted octanol–water partition coefficient (Wildman–Crippen LogP) is 2.92. The molecule has 2 aromatic carbocycles. The van der Waals surface area contributed by atoms with Gasteiger partial charge >= 0.3 is 0 Å². The molecule has 3 N–H and O–H groups in total. The minimum Gasteiger partial charge on any atom is -0.494 e. The van der Waals surface area contributed by atoms with Crippen LogP contribution in [0.5, 0.6) is 5.75 Å². The number of fused-ring (bicyclic) bond motifs is 1. The van der Waals surface area contributed by atoms with Crippen LogP contribution in [0.15, 0.2) is 42.5 Å². The lowest BCUT2D eigenvalue weighted by Crippen LogP contribution is -2.51. The van der Waals surface area contributed by atoms with E-state index in [2.05, 4.69) is 5.32 Å². The molecule has 1 atom stereocenters. The molecule has 1 fully saturated rings. The highest BCUT2D eigenvalue weighted by Crippen LogP contribution is 2.40. The predicted molar refractivity (Wildman–Crippen MR) is 127 cm³/mol. The number of carbonyl (C=O) groups is 1. The van der Waals surface area contributed by atoms with E-state index in [4.69, 9.17) is 15.5 Å². The minimum absolute atomic E-state index is 0.0168. The smallest absolute Gasteiger partial charge is 0.222 e. The zero-order valence-corrected chi connectivity index (χ0v) is 19.8. The van der Waals surface area contributed by atoms with Crippen LogP contribution in [0.2, 0.25) is 0 Å². The quantitative estimate of drug-likeness (QED) is 0.526. The normalized spacial score (nSPS) is 18.0. The lowest BCUT2D eigenvalue weighted by molar-refractivity contribution is -0.123. The summed E-state index contributed by atoms with van der Waals surface area (Å²) >= 11 is 1.42. The first-order valence-electron chi connectivity index (χ1n) is 10.7. The molecule has 0 aliphatic carbocycles. The van der Waals surface area contributed by atoms with Gasteiger partial charge in [0.15, 0.2) is 9.84 Å². The van der Waals surface area contributed by atoms with E-state index in [1.54, 1.807) is 25.3 Å². The largest absolute Gasteiger partial charge is 0.494 e. The minimum atomic E-state index is -3.17. The number of methoxy groups -OCH3 is 1. The first-order chi connectivity index (χ1) is 15.7. The molecule has 33 heavy (non-hydrogen) atoms. The van der Waals surface area contributed by atoms with Crippen LogP contribution < -0.4 is 15.8 Å². The number of carbonyl (C=O) groups excluding carboxylic acids is 1. The average Bonchev–Trinajstić information content (AvgIpc) is 3.22. The van der Waals surface area contributed by atoms with Crippen molar-refractivity contribution < 1.29 is 22.3 Å². The van der Waals surface area contributed by atoms with E-state index in [9.17, 15) is 17.6 Å². The summed E-state index contributed by atoms with van der Waals surface area (Å²) in [6, 6.07) is 11.3. The molecule has 0 radical (unpaired) electrons. The Labute approximate surface area is 196 Å². The molecule has 0 unspecified atom stereocenters. The van der Waals surface area contributed by atoms with Crippen molar-refractivity contribution in [2.24, 2.45) is 5.73 Å². The third kappa shape index (κ3) is 5.18. The maximum Gasteiger partial charge on any atom is 0.222 e. The Hall–Kier alpha value is -2.56. The number of sulfone groups is 1. The maximum atomic E-state index is 13.9. The van der Waals surface area contributed by atoms with Crippen LogP contribution in [0, 0.1) is 5.82 Å². The van der Waals surface area contributed by atoms with Crippen molar-refractivity contribution in [1.82, 2.24) is 10.3 Å². The molecule has 1 aliphatic heterocycles. The fraction of sp³-hybridized carbons (Fsp3) is 0.391. The Kier molecular flexibility index (Phi) is 6.69. The average molecular weight is 492 g/mol. The fourth-order valence-electron chi connectivity index (χ4n) is 4.15. The van der Waals surface area contributed by atoms with Gasteiger partial charge in [-0.3, -0.25) is 4.79 Å². The summed E-state index contributed by atoms with van der Waals surface area (Å²) in [5.74, 6) is -0.134. The van der Waals surface area contributed by atoms with Gasteiger partial charge in [-0.15, -0.1) is 11.3 Å². The number of hydrogen-bond donors (Lipinski definition) is 2. The SMILES string of the molecule is COc1cccc2sc(C3(NC(=O)C[C@H](N)Cc4ccccc4F)CCS(=O)(=O)CC3)nc12. The van der Waals surface area contributed by atoms with Gasteiger partial charge in [-0.2, -0.15) is 0 Å². The molecular weight excluding hydrogens is 465 g/mol. The number of aromatic nitrogens is 1. The number of ether oxygens (including phenoxy) is 1. The summed E-state index contributed by atoms with van der Waals surface area (Å²) in [4.78, 5) is 17.7. The van der Waals surface area contributed by atoms with Crippen molar-refractivity contribution in [3.63, 3.8) is 0 Å². The summed E-state index contributed by atoms with van der Waals surface area (Å²) in [5, 5.41) is 3.69. The fourth-order valence-corrected chi connectivity index (χ4v) is 6.85. The molecule has 7 nitrogen and oxygen atoms in total. The van der Waals surface area contributed by atoms with Gasteiger partial charge in [-0.25, -0.2) is 17.8 Å². The van der Waals surface area contributed by atoms with E-state index < -0.39 is 21.4 Å². The molecule has 176 valence electrons. The van der Waals surface area contributed by atoms with Gasteiger partial charge in [0.25, 0.3) is 0 Å². The molecule has 0 bridgehead atoms. The van der Waals surface area contributed by atoms with Crippen molar-refractivity contribution in [3.8, 4) is 5.75 Å². The van der Waals surface area contributed by atoms with Crippen LogP contribution in [0.25, 0.3) is 10.2 Å². The highest BCUT2D eigenvalue weighted by Gasteiger charge is 2.42. The Morgan fingerprint density at radius 1 is 1.24 bits per heavy atom. The zero-order valence-electron chi connectivity index (χ0n) is 18.2. The summed E-state index contributed by atoms with van der Waals surface area (Å²) in [7, 11) is -1.61. The van der Waals surface area contributed by atoms with Crippen LogP contribution in [0.4, 0.5) is 4.39 Å². The summed E-state index contributed by atoms with van der Waals surface area (Å²) < 4.78 is 44.5. The number of nitrogens with one attached hydrogen (secondary N) is 1. The summed E-state index contributed by atoms with van der Waals surface area (Å²) in [5.41, 5.74) is 6.38. The van der Waals surface area contributed by atoms with E-state index in [1.165, 1.54) is 17.4 Å². The van der Waals surface area contributed by atoms with E-state index in [0.717, 1.165) is 4.70 Å². The lowest BCUT2D eigenvalue weighted by Gasteiger charge is -2.36. The van der Waals surface area contributed by atoms with Crippen LogP contribution in [0.3, 0.4) is 0 Å². The highest BCUT2D eigenvalue weighted by atomic mass is 32.2. The molecule has 1 aromatic heterocycles. The number of halogens is 1. The van der Waals surface area contributed by atoms with Gasteiger partial charge in [-0.05, 0) is 43.0 Å². The van der Waals surface area contributed by atoms with Crippen LogP contribution in [0.1, 0.15) is 29.8 Å². The Morgan fingerprint density at radius 2 is 1.97 bits per heavy atom. The van der Waals surface area contributed by atoms with Gasteiger partial charge < -0.3 is 15.8 Å². The highest BCUT2D eigenvalue weighted by molar-refractivity contribution is 7.91. The molecule has 10 heteroatoms. The van der Waals surface area contributed by atoms with E-state index in [-0.39, 0.29) is 48.9 Å². The molecule has 1 aliphatic rings. The standard InChI is InChI=1S/C23H26FN3O4S2/c1-31-18-7-4-8-19-21(18)26-22(32-19)23(9-11-33(29,30)12-10-23)27-20(28)14-16(25)13-15-5-2-3-6-17(15)24/h2-8,16H,9-14,25H2,1H3,(H,27,28)/t16-/m1/s1. The van der Waals surface area contributed by atoms with E-state index >= 15 is 0 Å². The molecule has 2 heterocycles. The van der Waals surface area contributed by atoms with Gasteiger partial charge in [0.1, 0.15) is 22.1 Å². The van der Waals surface area contributed by atoms with Gasteiger partial charge in [0, 0.05) is 12.5 Å². The summed E-state index contributed by atoms with van der Waals surface area (Å²) in [6.45, 7) is 0. The van der Waals surface area contributed by atoms with Crippen molar-refractivity contribution in [3.05, 3.63) is 58.9 Å². The van der Waals surface area contributed by atoms with Crippen molar-refractivity contribution in [1.29, 1.82) is 0 Å². The van der Waals surface area contributed by atoms with Crippen LogP contribution >= 0.6 is 11.3 Å². The van der Waals surface area contributed by atoms with Gasteiger partial charge in [-0.1, -0.05) is 24.3 Å². The first kappa shape index (κ1) is 23.6. The molecule has 1 amide bonds. The number of nitrogens with zero attached hydrogens (tertiary/aromatic N) is 1. The Bertz CT molecular complexity index is 1260. The molecule has 0 spiro atoms. The molecule has 0 saturated carbocycles. The third-order valence-corrected chi connectivity index (χ3v) is 8.83. The van der Waals surface area contributed by atoms with Crippen molar-refractivity contribution >= 4 is 37.3 Å². The number of amides is 1. The van der Waals surface area contributed by atoms with E-state index in [0.29, 0.717) is 21.8 Å². The van der Waals surface area contributed by atoms with Gasteiger partial charge in [0.05, 0.1) is 28.9 Å². The lowest BCUT2D eigenvalue weighted by atomic mass is 9.92. The molecule has 4 rings (SSSR count). The maximum absolute atomic E-state index is 13.9. The second kappa shape index (κ2) is 9.36. The summed E-state index contributed by atoms with van der Waals surface area (Å²) in [6.07, 6.45) is 0.661. The van der Waals surface area contributed by atoms with Crippen LogP contribution in [-0.2, 0) is 26.6 Å². The second-order valence-corrected chi connectivity index (χ2v) is 11.7. The Balaban J connectivity index is 1.57.